The molecule has 1 aromatic carbocycles. The van der Waals surface area contributed by atoms with E-state index in [-0.39, 0.29) is 12.1 Å². The first-order valence-corrected chi connectivity index (χ1v) is 7.11. The zero-order valence-corrected chi connectivity index (χ0v) is 12.8. The predicted molar refractivity (Wildman–Crippen MR) is 87.8 cm³/mol. The molecule has 0 radical (unpaired) electrons. The third-order valence-corrected chi connectivity index (χ3v) is 3.70. The van der Waals surface area contributed by atoms with E-state index < -0.39 is 17.2 Å². The molecule has 2 N–H and O–H groups in total. The SMILES string of the molecule is Cn1c(=O)n(Cc2ccccc2C=CC(=O)O)c(=O)c2[nH]cnc21. The number of nitrogens with zero attached hydrogens (tertiary/aromatic N) is 3. The number of aryl methyl sites for hydroxylation is 1. The lowest BCUT2D eigenvalue weighted by atomic mass is 10.1. The molecule has 24 heavy (non-hydrogen) atoms. The Morgan fingerprint density at radius 3 is 2.83 bits per heavy atom. The van der Waals surface area contributed by atoms with Crippen LogP contribution in [0.1, 0.15) is 11.1 Å². The fourth-order valence-electron chi connectivity index (χ4n) is 2.50. The monoisotopic (exact) mass is 326 g/mol. The normalized spacial score (nSPS) is 11.4. The predicted octanol–water partition coefficient (Wildman–Crippen LogP) is 0.569. The second-order valence-corrected chi connectivity index (χ2v) is 5.20. The van der Waals surface area contributed by atoms with Crippen molar-refractivity contribution in [2.24, 2.45) is 7.05 Å². The van der Waals surface area contributed by atoms with Crippen LogP contribution in [0, 0.1) is 0 Å². The van der Waals surface area contributed by atoms with Gasteiger partial charge in [0.2, 0.25) is 0 Å². The van der Waals surface area contributed by atoms with Gasteiger partial charge >= 0.3 is 11.7 Å². The maximum absolute atomic E-state index is 12.5. The number of aromatic nitrogens is 4. The van der Waals surface area contributed by atoms with Gasteiger partial charge in [0.1, 0.15) is 5.52 Å². The van der Waals surface area contributed by atoms with E-state index in [1.165, 1.54) is 24.0 Å². The molecule has 0 amide bonds. The molecule has 0 bridgehead atoms. The molecule has 0 aliphatic heterocycles. The quantitative estimate of drug-likeness (QED) is 0.681. The van der Waals surface area contributed by atoms with Crippen LogP contribution in [-0.4, -0.2) is 30.2 Å². The number of carboxylic acid groups (broad SMARTS) is 1. The highest BCUT2D eigenvalue weighted by molar-refractivity contribution is 5.85. The van der Waals surface area contributed by atoms with Gasteiger partial charge in [0.05, 0.1) is 12.9 Å². The van der Waals surface area contributed by atoms with Crippen LogP contribution >= 0.6 is 0 Å². The smallest absolute Gasteiger partial charge is 0.332 e. The Hall–Kier alpha value is -3.42. The van der Waals surface area contributed by atoms with Crippen molar-refractivity contribution in [3.8, 4) is 0 Å². The molecule has 0 spiro atoms. The van der Waals surface area contributed by atoms with Crippen molar-refractivity contribution in [3.05, 3.63) is 68.6 Å². The molecule has 0 saturated heterocycles. The summed E-state index contributed by atoms with van der Waals surface area (Å²) in [5.41, 5.74) is 0.863. The van der Waals surface area contributed by atoms with E-state index in [1.54, 1.807) is 24.3 Å². The minimum atomic E-state index is -1.07. The topological polar surface area (TPSA) is 110 Å². The van der Waals surface area contributed by atoms with E-state index in [9.17, 15) is 14.4 Å². The molecule has 8 heteroatoms. The maximum atomic E-state index is 12.5. The molecule has 0 aliphatic rings. The van der Waals surface area contributed by atoms with Crippen LogP contribution in [0.15, 0.2) is 46.3 Å². The summed E-state index contributed by atoms with van der Waals surface area (Å²) in [7, 11) is 1.54. The van der Waals surface area contributed by atoms with Gasteiger partial charge in [-0.05, 0) is 17.2 Å². The number of hydrogen-bond donors (Lipinski definition) is 2. The number of nitrogens with one attached hydrogen (secondary N) is 1. The number of fused-ring (bicyclic) bond motifs is 1. The minimum Gasteiger partial charge on any atom is -0.478 e. The minimum absolute atomic E-state index is 0.0284. The van der Waals surface area contributed by atoms with Crippen LogP contribution in [0.25, 0.3) is 17.2 Å². The van der Waals surface area contributed by atoms with Crippen molar-refractivity contribution >= 4 is 23.2 Å². The van der Waals surface area contributed by atoms with Crippen molar-refractivity contribution in [3.63, 3.8) is 0 Å². The van der Waals surface area contributed by atoms with E-state index in [0.29, 0.717) is 16.8 Å². The summed E-state index contributed by atoms with van der Waals surface area (Å²) < 4.78 is 2.39. The lowest BCUT2D eigenvalue weighted by Gasteiger charge is -2.10. The lowest BCUT2D eigenvalue weighted by Crippen LogP contribution is -2.39. The van der Waals surface area contributed by atoms with E-state index in [2.05, 4.69) is 9.97 Å². The molecule has 122 valence electrons. The van der Waals surface area contributed by atoms with Gasteiger partial charge in [0.15, 0.2) is 5.65 Å². The summed E-state index contributed by atoms with van der Waals surface area (Å²) in [6, 6.07) is 6.98. The largest absolute Gasteiger partial charge is 0.478 e. The van der Waals surface area contributed by atoms with Crippen LogP contribution in [0.5, 0.6) is 0 Å². The van der Waals surface area contributed by atoms with E-state index in [1.807, 2.05) is 0 Å². The Morgan fingerprint density at radius 1 is 1.33 bits per heavy atom. The third kappa shape index (κ3) is 2.65. The number of H-pyrrole nitrogens is 1. The molecule has 2 heterocycles. The fraction of sp³-hybridized carbons (Fsp3) is 0.125. The number of carbonyl (C=O) groups is 1. The van der Waals surface area contributed by atoms with Gasteiger partial charge in [0, 0.05) is 13.1 Å². The maximum Gasteiger partial charge on any atom is 0.332 e. The van der Waals surface area contributed by atoms with E-state index in [4.69, 9.17) is 5.11 Å². The summed E-state index contributed by atoms with van der Waals surface area (Å²) >= 11 is 0. The van der Waals surface area contributed by atoms with Gasteiger partial charge in [-0.25, -0.2) is 14.6 Å². The van der Waals surface area contributed by atoms with Crippen LogP contribution in [-0.2, 0) is 18.4 Å². The van der Waals surface area contributed by atoms with Crippen LogP contribution in [0.3, 0.4) is 0 Å². The molecule has 8 nitrogen and oxygen atoms in total. The highest BCUT2D eigenvalue weighted by Crippen LogP contribution is 2.12. The zero-order valence-electron chi connectivity index (χ0n) is 12.8. The molecule has 0 aliphatic carbocycles. The molecule has 0 unspecified atom stereocenters. The Balaban J connectivity index is 2.14. The standard InChI is InChI=1S/C16H14N4O4/c1-19-14-13(17-9-18-14)15(23)20(16(19)24)8-11-5-3-2-4-10(11)6-7-12(21)22/h2-7,9H,8H2,1H3,(H,17,18)(H,21,22). The van der Waals surface area contributed by atoms with Crippen molar-refractivity contribution in [2.75, 3.05) is 0 Å². The van der Waals surface area contributed by atoms with Crippen molar-refractivity contribution in [2.45, 2.75) is 6.54 Å². The van der Waals surface area contributed by atoms with Crippen LogP contribution in [0.4, 0.5) is 0 Å². The van der Waals surface area contributed by atoms with Crippen LogP contribution in [0.2, 0.25) is 0 Å². The number of imidazole rings is 1. The molecule has 0 saturated carbocycles. The van der Waals surface area contributed by atoms with Gasteiger partial charge < -0.3 is 10.1 Å². The first-order valence-electron chi connectivity index (χ1n) is 7.11. The first-order chi connectivity index (χ1) is 11.5. The van der Waals surface area contributed by atoms with Crippen molar-refractivity contribution < 1.29 is 9.90 Å². The Labute approximate surface area is 135 Å². The molecule has 0 fully saturated rings. The van der Waals surface area contributed by atoms with E-state index >= 15 is 0 Å². The Morgan fingerprint density at radius 2 is 2.08 bits per heavy atom. The summed E-state index contributed by atoms with van der Waals surface area (Å²) in [6.07, 6.45) is 3.80. The van der Waals surface area contributed by atoms with Gasteiger partial charge in [-0.1, -0.05) is 24.3 Å². The second-order valence-electron chi connectivity index (χ2n) is 5.20. The lowest BCUT2D eigenvalue weighted by molar-refractivity contribution is -0.131. The number of rotatable bonds is 4. The average molecular weight is 326 g/mol. The summed E-state index contributed by atoms with van der Waals surface area (Å²) in [4.78, 5) is 42.4. The van der Waals surface area contributed by atoms with Crippen LogP contribution < -0.4 is 11.2 Å². The van der Waals surface area contributed by atoms with Crippen molar-refractivity contribution in [1.82, 2.24) is 19.1 Å². The van der Waals surface area contributed by atoms with Gasteiger partial charge in [-0.3, -0.25) is 13.9 Å². The molecule has 2 aromatic heterocycles. The third-order valence-electron chi connectivity index (χ3n) is 3.70. The zero-order chi connectivity index (χ0) is 17.3. The molecule has 3 rings (SSSR count). The fourth-order valence-corrected chi connectivity index (χ4v) is 2.50. The second kappa shape index (κ2) is 5.99. The molecule has 3 aromatic rings. The highest BCUT2D eigenvalue weighted by Gasteiger charge is 2.13. The number of benzene rings is 1. The van der Waals surface area contributed by atoms with Gasteiger partial charge in [-0.15, -0.1) is 0 Å². The number of aromatic amines is 1. The Kier molecular flexibility index (Phi) is 3.87. The molecular formula is C16H14N4O4. The highest BCUT2D eigenvalue weighted by atomic mass is 16.4. The summed E-state index contributed by atoms with van der Waals surface area (Å²) in [5, 5.41) is 8.77. The number of carboxylic acids is 1. The first kappa shape index (κ1) is 15.5. The Bertz CT molecular complexity index is 1070. The molecule has 0 atom stereocenters. The molecular weight excluding hydrogens is 312 g/mol. The van der Waals surface area contributed by atoms with Gasteiger partial charge in [-0.2, -0.15) is 0 Å². The number of aliphatic carboxylic acids is 1. The number of hydrogen-bond acceptors (Lipinski definition) is 4. The summed E-state index contributed by atoms with van der Waals surface area (Å²) in [5.74, 6) is -1.07. The summed E-state index contributed by atoms with van der Waals surface area (Å²) in [6.45, 7) is 0.0284. The van der Waals surface area contributed by atoms with Gasteiger partial charge in [0.25, 0.3) is 5.56 Å². The van der Waals surface area contributed by atoms with Crippen molar-refractivity contribution in [1.29, 1.82) is 0 Å². The average Bonchev–Trinajstić information content (AvgIpc) is 3.05. The van der Waals surface area contributed by atoms with E-state index in [0.717, 1.165) is 10.6 Å².